The summed E-state index contributed by atoms with van der Waals surface area (Å²) >= 11 is 5.74. The second-order valence-corrected chi connectivity index (χ2v) is 6.69. The Hall–Kier alpha value is -0.890. The first-order chi connectivity index (χ1) is 8.66. The largest absolute Gasteiger partial charge is 0.396 e. The molecule has 0 amide bonds. The van der Waals surface area contributed by atoms with E-state index in [-0.39, 0.29) is 28.6 Å². The van der Waals surface area contributed by atoms with Gasteiger partial charge in [0.1, 0.15) is 10.7 Å². The van der Waals surface area contributed by atoms with E-state index in [9.17, 15) is 12.8 Å². The van der Waals surface area contributed by atoms with E-state index in [2.05, 4.69) is 0 Å². The highest BCUT2D eigenvalue weighted by Crippen LogP contribution is 2.28. The maximum atomic E-state index is 13.2. The summed E-state index contributed by atoms with van der Waals surface area (Å²) in [6.07, 6.45) is -0.337. The minimum Gasteiger partial charge on any atom is -0.396 e. The number of sulfonamides is 1. The predicted molar refractivity (Wildman–Crippen MR) is 71.9 cm³/mol. The average Bonchev–Trinajstić information content (AvgIpc) is 2.30. The molecule has 0 aliphatic rings. The van der Waals surface area contributed by atoms with Crippen molar-refractivity contribution < 1.29 is 17.9 Å². The SMILES string of the molecule is CC(O)CCN(C)S(=O)(=O)c1cc(N)c(F)cc1Cl. The van der Waals surface area contributed by atoms with Crippen LogP contribution in [-0.2, 0) is 10.0 Å². The van der Waals surface area contributed by atoms with Crippen molar-refractivity contribution in [2.45, 2.75) is 24.3 Å². The van der Waals surface area contributed by atoms with Gasteiger partial charge in [0.15, 0.2) is 0 Å². The van der Waals surface area contributed by atoms with E-state index in [1.807, 2.05) is 0 Å². The van der Waals surface area contributed by atoms with Crippen molar-refractivity contribution in [3.05, 3.63) is 23.0 Å². The number of aliphatic hydroxyl groups is 1. The third-order valence-corrected chi connectivity index (χ3v) is 4.92. The number of halogens is 2. The molecule has 0 spiro atoms. The minimum absolute atomic E-state index is 0.119. The van der Waals surface area contributed by atoms with Crippen molar-refractivity contribution in [1.29, 1.82) is 0 Å². The molecule has 1 atom stereocenters. The van der Waals surface area contributed by atoms with E-state index in [1.165, 1.54) is 7.05 Å². The quantitative estimate of drug-likeness (QED) is 0.806. The van der Waals surface area contributed by atoms with Gasteiger partial charge in [0.05, 0.1) is 16.8 Å². The van der Waals surface area contributed by atoms with Crippen LogP contribution in [0, 0.1) is 5.82 Å². The molecule has 19 heavy (non-hydrogen) atoms. The number of benzene rings is 1. The van der Waals surface area contributed by atoms with E-state index in [1.54, 1.807) is 6.92 Å². The van der Waals surface area contributed by atoms with Gasteiger partial charge in [-0.2, -0.15) is 0 Å². The van der Waals surface area contributed by atoms with Gasteiger partial charge in [-0.3, -0.25) is 0 Å². The lowest BCUT2D eigenvalue weighted by Crippen LogP contribution is -2.30. The topological polar surface area (TPSA) is 83.6 Å². The Bertz CT molecular complexity index is 563. The molecule has 1 rings (SSSR count). The predicted octanol–water partition coefficient (Wildman–Crippen LogP) is 1.45. The molecule has 0 bridgehead atoms. The normalized spacial score (nSPS) is 13.8. The number of hydrogen-bond acceptors (Lipinski definition) is 4. The Kier molecular flexibility index (Phi) is 5.14. The van der Waals surface area contributed by atoms with Gasteiger partial charge in [0.25, 0.3) is 0 Å². The number of hydrogen-bond donors (Lipinski definition) is 2. The summed E-state index contributed by atoms with van der Waals surface area (Å²) in [6, 6.07) is 1.86. The van der Waals surface area contributed by atoms with Gasteiger partial charge < -0.3 is 10.8 Å². The molecule has 0 heterocycles. The van der Waals surface area contributed by atoms with Gasteiger partial charge in [-0.25, -0.2) is 17.1 Å². The van der Waals surface area contributed by atoms with Gasteiger partial charge >= 0.3 is 0 Å². The van der Waals surface area contributed by atoms with Crippen LogP contribution in [0.15, 0.2) is 17.0 Å². The third kappa shape index (κ3) is 3.79. The number of aliphatic hydroxyl groups excluding tert-OH is 1. The lowest BCUT2D eigenvalue weighted by Gasteiger charge is -2.19. The first-order valence-electron chi connectivity index (χ1n) is 5.55. The molecular formula is C11H16ClFN2O3S. The van der Waals surface area contributed by atoms with Crippen LogP contribution in [0.2, 0.25) is 5.02 Å². The molecule has 5 nitrogen and oxygen atoms in total. The fraction of sp³-hybridized carbons (Fsp3) is 0.455. The first kappa shape index (κ1) is 16.2. The third-order valence-electron chi connectivity index (χ3n) is 2.60. The summed E-state index contributed by atoms with van der Waals surface area (Å²) in [7, 11) is -2.51. The van der Waals surface area contributed by atoms with E-state index in [0.29, 0.717) is 0 Å². The zero-order chi connectivity index (χ0) is 14.8. The number of rotatable bonds is 5. The van der Waals surface area contributed by atoms with Gasteiger partial charge in [-0.15, -0.1) is 0 Å². The van der Waals surface area contributed by atoms with E-state index in [4.69, 9.17) is 22.4 Å². The van der Waals surface area contributed by atoms with Crippen molar-refractivity contribution in [3.8, 4) is 0 Å². The highest BCUT2D eigenvalue weighted by Gasteiger charge is 2.25. The van der Waals surface area contributed by atoms with Crippen LogP contribution in [0.1, 0.15) is 13.3 Å². The van der Waals surface area contributed by atoms with Gasteiger partial charge in [-0.05, 0) is 25.5 Å². The van der Waals surface area contributed by atoms with Crippen LogP contribution in [0.5, 0.6) is 0 Å². The van der Waals surface area contributed by atoms with Crippen molar-refractivity contribution >= 4 is 27.3 Å². The first-order valence-corrected chi connectivity index (χ1v) is 7.37. The van der Waals surface area contributed by atoms with Crippen molar-refractivity contribution in [2.75, 3.05) is 19.3 Å². The fourth-order valence-electron chi connectivity index (χ4n) is 1.40. The van der Waals surface area contributed by atoms with Crippen molar-refractivity contribution in [3.63, 3.8) is 0 Å². The zero-order valence-electron chi connectivity index (χ0n) is 10.6. The number of nitrogen functional groups attached to an aromatic ring is 1. The van der Waals surface area contributed by atoms with Crippen LogP contribution in [0.25, 0.3) is 0 Å². The van der Waals surface area contributed by atoms with E-state index in [0.717, 1.165) is 16.4 Å². The van der Waals surface area contributed by atoms with Crippen LogP contribution in [0.4, 0.5) is 10.1 Å². The maximum Gasteiger partial charge on any atom is 0.244 e. The molecule has 0 fully saturated rings. The molecule has 1 aromatic carbocycles. The molecule has 108 valence electrons. The molecule has 0 radical (unpaired) electrons. The van der Waals surface area contributed by atoms with Gasteiger partial charge in [-0.1, -0.05) is 11.6 Å². The van der Waals surface area contributed by atoms with Gasteiger partial charge in [0.2, 0.25) is 10.0 Å². The van der Waals surface area contributed by atoms with Crippen LogP contribution >= 0.6 is 11.6 Å². The molecule has 0 saturated heterocycles. The lowest BCUT2D eigenvalue weighted by atomic mass is 10.3. The second-order valence-electron chi connectivity index (χ2n) is 4.27. The molecule has 0 aromatic heterocycles. The molecular weight excluding hydrogens is 295 g/mol. The highest BCUT2D eigenvalue weighted by molar-refractivity contribution is 7.89. The van der Waals surface area contributed by atoms with Crippen molar-refractivity contribution in [2.24, 2.45) is 0 Å². The monoisotopic (exact) mass is 310 g/mol. The summed E-state index contributed by atoms with van der Waals surface area (Å²) in [5.41, 5.74) is 5.07. The Morgan fingerprint density at radius 2 is 2.11 bits per heavy atom. The van der Waals surface area contributed by atoms with E-state index < -0.39 is 21.9 Å². The summed E-state index contributed by atoms with van der Waals surface area (Å²) in [4.78, 5) is -0.249. The van der Waals surface area contributed by atoms with Gasteiger partial charge in [0, 0.05) is 13.6 Å². The molecule has 0 aliphatic carbocycles. The number of nitrogens with zero attached hydrogens (tertiary/aromatic N) is 1. The smallest absolute Gasteiger partial charge is 0.244 e. The fourth-order valence-corrected chi connectivity index (χ4v) is 3.10. The Morgan fingerprint density at radius 3 is 2.63 bits per heavy atom. The maximum absolute atomic E-state index is 13.2. The summed E-state index contributed by atoms with van der Waals surface area (Å²) in [5.74, 6) is -0.768. The van der Waals surface area contributed by atoms with E-state index >= 15 is 0 Å². The van der Waals surface area contributed by atoms with Crippen LogP contribution < -0.4 is 5.73 Å². The highest BCUT2D eigenvalue weighted by atomic mass is 35.5. The number of anilines is 1. The Balaban J connectivity index is 3.10. The zero-order valence-corrected chi connectivity index (χ0v) is 12.2. The molecule has 3 N–H and O–H groups in total. The minimum atomic E-state index is -3.86. The van der Waals surface area contributed by atoms with Crippen LogP contribution in [0.3, 0.4) is 0 Å². The lowest BCUT2D eigenvalue weighted by molar-refractivity contribution is 0.177. The summed E-state index contributed by atoms with van der Waals surface area (Å²) in [6.45, 7) is 1.68. The van der Waals surface area contributed by atoms with Crippen molar-refractivity contribution in [1.82, 2.24) is 4.31 Å². The average molecular weight is 311 g/mol. The second kappa shape index (κ2) is 6.04. The molecule has 1 unspecified atom stereocenters. The van der Waals surface area contributed by atoms with Crippen LogP contribution in [-0.4, -0.2) is 37.5 Å². The summed E-state index contributed by atoms with van der Waals surface area (Å²) in [5, 5.41) is 8.93. The molecule has 0 saturated carbocycles. The summed E-state index contributed by atoms with van der Waals surface area (Å²) < 4.78 is 38.6. The Morgan fingerprint density at radius 1 is 1.53 bits per heavy atom. The standard InChI is InChI=1S/C11H16ClFN2O3S/c1-7(16)3-4-15(2)19(17,18)11-6-10(14)9(13)5-8(11)12/h5-7,16H,3-4,14H2,1-2H3. The molecule has 1 aromatic rings. The molecule has 0 aliphatic heterocycles. The number of nitrogens with two attached hydrogens (primary N) is 1. The molecule has 8 heteroatoms. The Labute approximate surface area is 116 Å².